The van der Waals surface area contributed by atoms with Crippen LogP contribution in [0.25, 0.3) is 0 Å². The molecule has 0 aliphatic carbocycles. The Labute approximate surface area is 111 Å². The molecule has 100 valence electrons. The summed E-state index contributed by atoms with van der Waals surface area (Å²) in [6.07, 6.45) is 2.80. The lowest BCUT2D eigenvalue weighted by molar-refractivity contribution is -0.168. The zero-order valence-electron chi connectivity index (χ0n) is 10.7. The zero-order valence-corrected chi connectivity index (χ0v) is 10.7. The Morgan fingerprint density at radius 3 is 2.21 bits per heavy atom. The van der Waals surface area contributed by atoms with E-state index in [1.807, 2.05) is 6.92 Å². The minimum Gasteiger partial charge on any atom is -0.330 e. The van der Waals surface area contributed by atoms with Gasteiger partial charge in [-0.15, -0.1) is 0 Å². The second kappa shape index (κ2) is 5.65. The van der Waals surface area contributed by atoms with Crippen molar-refractivity contribution in [3.8, 4) is 0 Å². The van der Waals surface area contributed by atoms with E-state index in [-0.39, 0.29) is 17.5 Å². The van der Waals surface area contributed by atoms with E-state index in [1.54, 1.807) is 24.3 Å². The number of hydrogen-bond donors (Lipinski definition) is 0. The first-order chi connectivity index (χ1) is 9.15. The molecular weight excluding hydrogens is 246 g/mol. The third-order valence-corrected chi connectivity index (χ3v) is 2.93. The van der Waals surface area contributed by atoms with E-state index >= 15 is 0 Å². The molecule has 0 spiro atoms. The molecule has 0 radical (unpaired) electrons. The van der Waals surface area contributed by atoms with Gasteiger partial charge < -0.3 is 4.84 Å². The lowest BCUT2D eigenvalue weighted by atomic mass is 10.1. The maximum absolute atomic E-state index is 11.9. The van der Waals surface area contributed by atoms with Crippen molar-refractivity contribution < 1.29 is 19.2 Å². The van der Waals surface area contributed by atoms with Gasteiger partial charge in [0.1, 0.15) is 0 Å². The number of benzene rings is 1. The molecule has 2 amide bonds. The van der Waals surface area contributed by atoms with E-state index in [9.17, 15) is 14.4 Å². The molecule has 0 saturated heterocycles. The van der Waals surface area contributed by atoms with Gasteiger partial charge in [-0.1, -0.05) is 37.0 Å². The molecule has 19 heavy (non-hydrogen) atoms. The van der Waals surface area contributed by atoms with Gasteiger partial charge in [-0.05, 0) is 18.6 Å². The Hall–Kier alpha value is -2.17. The molecule has 1 aliphatic rings. The maximum atomic E-state index is 11.9. The third kappa shape index (κ3) is 2.65. The lowest BCUT2D eigenvalue weighted by Gasteiger charge is -2.12. The van der Waals surface area contributed by atoms with E-state index in [0.717, 1.165) is 12.8 Å². The van der Waals surface area contributed by atoms with Crippen LogP contribution < -0.4 is 0 Å². The normalized spacial score (nSPS) is 13.6. The molecule has 1 aliphatic heterocycles. The summed E-state index contributed by atoms with van der Waals surface area (Å²) in [5.74, 6) is -1.71. The Morgan fingerprint density at radius 1 is 1.11 bits per heavy atom. The average molecular weight is 261 g/mol. The van der Waals surface area contributed by atoms with Crippen molar-refractivity contribution in [3.05, 3.63) is 35.4 Å². The zero-order chi connectivity index (χ0) is 13.8. The summed E-state index contributed by atoms with van der Waals surface area (Å²) < 4.78 is 0. The highest BCUT2D eigenvalue weighted by Crippen LogP contribution is 2.22. The second-order valence-electron chi connectivity index (χ2n) is 4.37. The van der Waals surface area contributed by atoms with Crippen LogP contribution >= 0.6 is 0 Å². The van der Waals surface area contributed by atoms with E-state index in [0.29, 0.717) is 11.5 Å². The van der Waals surface area contributed by atoms with Crippen LogP contribution in [0.1, 0.15) is 53.3 Å². The molecule has 0 N–H and O–H groups in total. The fourth-order valence-corrected chi connectivity index (χ4v) is 1.92. The molecule has 2 rings (SSSR count). The molecule has 1 aromatic carbocycles. The standard InChI is InChI=1S/C14H15NO4/c1-2-3-4-9-12(16)19-15-13(17)10-7-5-6-8-11(10)14(15)18/h5-8H,2-4,9H2,1H3. The molecule has 0 aromatic heterocycles. The van der Waals surface area contributed by atoms with Gasteiger partial charge in [0.25, 0.3) is 11.8 Å². The summed E-state index contributed by atoms with van der Waals surface area (Å²) in [7, 11) is 0. The predicted octanol–water partition coefficient (Wildman–Crippen LogP) is 2.32. The summed E-state index contributed by atoms with van der Waals surface area (Å²) in [5, 5.41) is 0.555. The van der Waals surface area contributed by atoms with E-state index < -0.39 is 17.8 Å². The second-order valence-corrected chi connectivity index (χ2v) is 4.37. The van der Waals surface area contributed by atoms with Crippen molar-refractivity contribution in [1.29, 1.82) is 0 Å². The minimum absolute atomic E-state index is 0.210. The number of hydrogen-bond acceptors (Lipinski definition) is 4. The molecule has 0 atom stereocenters. The number of carbonyl (C=O) groups excluding carboxylic acids is 3. The smallest absolute Gasteiger partial charge is 0.330 e. The van der Waals surface area contributed by atoms with Gasteiger partial charge in [0, 0.05) is 6.42 Å². The van der Waals surface area contributed by atoms with Crippen LogP contribution in [0.5, 0.6) is 0 Å². The van der Waals surface area contributed by atoms with E-state index in [2.05, 4.69) is 0 Å². The molecule has 5 heteroatoms. The Bertz CT molecular complexity index is 489. The number of hydroxylamine groups is 2. The molecule has 1 aromatic rings. The first-order valence-corrected chi connectivity index (χ1v) is 6.33. The monoisotopic (exact) mass is 261 g/mol. The van der Waals surface area contributed by atoms with E-state index in [1.165, 1.54) is 0 Å². The van der Waals surface area contributed by atoms with Gasteiger partial charge in [-0.25, -0.2) is 4.79 Å². The van der Waals surface area contributed by atoms with Crippen LogP contribution in [0.15, 0.2) is 24.3 Å². The summed E-state index contributed by atoms with van der Waals surface area (Å²) >= 11 is 0. The third-order valence-electron chi connectivity index (χ3n) is 2.93. The van der Waals surface area contributed by atoms with Crippen LogP contribution in [-0.4, -0.2) is 22.8 Å². The van der Waals surface area contributed by atoms with Crippen molar-refractivity contribution in [1.82, 2.24) is 5.06 Å². The van der Waals surface area contributed by atoms with Crippen molar-refractivity contribution in [2.75, 3.05) is 0 Å². The van der Waals surface area contributed by atoms with Gasteiger partial charge in [0.15, 0.2) is 0 Å². The molecule has 5 nitrogen and oxygen atoms in total. The van der Waals surface area contributed by atoms with Gasteiger partial charge in [-0.3, -0.25) is 9.59 Å². The molecular formula is C14H15NO4. The molecule has 0 saturated carbocycles. The highest BCUT2D eigenvalue weighted by molar-refractivity contribution is 6.20. The Morgan fingerprint density at radius 2 is 1.68 bits per heavy atom. The Balaban J connectivity index is 2.02. The summed E-state index contributed by atoms with van der Waals surface area (Å²) in [4.78, 5) is 40.2. The van der Waals surface area contributed by atoms with Gasteiger partial charge in [-0.2, -0.15) is 0 Å². The van der Waals surface area contributed by atoms with Crippen LogP contribution in [-0.2, 0) is 9.63 Å². The fourth-order valence-electron chi connectivity index (χ4n) is 1.92. The summed E-state index contributed by atoms with van der Waals surface area (Å²) in [6, 6.07) is 6.41. The van der Waals surface area contributed by atoms with Crippen molar-refractivity contribution in [3.63, 3.8) is 0 Å². The number of unbranched alkanes of at least 4 members (excludes halogenated alkanes) is 2. The highest BCUT2D eigenvalue weighted by atomic mass is 16.7. The molecule has 0 unspecified atom stereocenters. The molecule has 0 bridgehead atoms. The average Bonchev–Trinajstić information content (AvgIpc) is 2.65. The van der Waals surface area contributed by atoms with Gasteiger partial charge >= 0.3 is 5.97 Å². The topological polar surface area (TPSA) is 63.7 Å². The van der Waals surface area contributed by atoms with Crippen LogP contribution in [0.4, 0.5) is 0 Å². The SMILES string of the molecule is CCCCCC(=O)ON1C(=O)c2ccccc2C1=O. The molecule has 1 heterocycles. The van der Waals surface area contributed by atoms with Crippen LogP contribution in [0.2, 0.25) is 0 Å². The minimum atomic E-state index is -0.579. The number of nitrogens with zero attached hydrogens (tertiary/aromatic N) is 1. The predicted molar refractivity (Wildman–Crippen MR) is 67.2 cm³/mol. The highest BCUT2D eigenvalue weighted by Gasteiger charge is 2.38. The number of amides is 2. The summed E-state index contributed by atoms with van der Waals surface area (Å²) in [6.45, 7) is 2.02. The van der Waals surface area contributed by atoms with E-state index in [4.69, 9.17) is 4.84 Å². The Kier molecular flexibility index (Phi) is 3.94. The fraction of sp³-hybridized carbons (Fsp3) is 0.357. The van der Waals surface area contributed by atoms with Gasteiger partial charge in [0.2, 0.25) is 0 Å². The quantitative estimate of drug-likeness (QED) is 0.602. The number of imide groups is 1. The molecule has 0 fully saturated rings. The number of rotatable bonds is 5. The van der Waals surface area contributed by atoms with Crippen molar-refractivity contribution in [2.45, 2.75) is 32.6 Å². The largest absolute Gasteiger partial charge is 0.333 e. The van der Waals surface area contributed by atoms with Gasteiger partial charge in [0.05, 0.1) is 11.1 Å². The lowest BCUT2D eigenvalue weighted by Crippen LogP contribution is -2.32. The maximum Gasteiger partial charge on any atom is 0.333 e. The number of fused-ring (bicyclic) bond motifs is 1. The first kappa shape index (κ1) is 13.3. The van der Waals surface area contributed by atoms with Crippen LogP contribution in [0.3, 0.4) is 0 Å². The van der Waals surface area contributed by atoms with Crippen molar-refractivity contribution >= 4 is 17.8 Å². The summed E-state index contributed by atoms with van der Waals surface area (Å²) in [5.41, 5.74) is 0.544. The number of carbonyl (C=O) groups is 3. The van der Waals surface area contributed by atoms with Crippen LogP contribution in [0, 0.1) is 0 Å². The van der Waals surface area contributed by atoms with Crippen molar-refractivity contribution in [2.24, 2.45) is 0 Å². The first-order valence-electron chi connectivity index (χ1n) is 6.33.